The highest BCUT2D eigenvalue weighted by Crippen LogP contribution is 2.35. The molecule has 1 amide bonds. The lowest BCUT2D eigenvalue weighted by Gasteiger charge is -2.30. The molecule has 1 unspecified atom stereocenters. The molecule has 1 aromatic heterocycles. The van der Waals surface area contributed by atoms with E-state index in [0.29, 0.717) is 24.1 Å². The molecule has 4 rings (SSSR count). The number of hydrogen-bond acceptors (Lipinski definition) is 3. The molecule has 26 heavy (non-hydrogen) atoms. The third kappa shape index (κ3) is 2.59. The van der Waals surface area contributed by atoms with Crippen LogP contribution in [0.25, 0.3) is 0 Å². The van der Waals surface area contributed by atoms with E-state index in [-0.39, 0.29) is 28.7 Å². The first-order chi connectivity index (χ1) is 12.3. The highest BCUT2D eigenvalue weighted by molar-refractivity contribution is 6.09. The zero-order valence-electron chi connectivity index (χ0n) is 15.3. The molecule has 1 aliphatic heterocycles. The lowest BCUT2D eigenvalue weighted by molar-refractivity contribution is 0.0910. The van der Waals surface area contributed by atoms with Gasteiger partial charge in [0.25, 0.3) is 11.5 Å². The first kappa shape index (κ1) is 16.8. The molecule has 1 N–H and O–H groups in total. The largest absolute Gasteiger partial charge is 0.325 e. The second kappa shape index (κ2) is 5.66. The van der Waals surface area contributed by atoms with Crippen molar-refractivity contribution in [1.82, 2.24) is 4.98 Å². The van der Waals surface area contributed by atoms with Crippen molar-refractivity contribution in [1.29, 1.82) is 0 Å². The van der Waals surface area contributed by atoms with E-state index in [2.05, 4.69) is 4.98 Å². The number of aromatic amines is 1. The molecule has 5 heteroatoms. The molecule has 0 saturated heterocycles. The summed E-state index contributed by atoms with van der Waals surface area (Å²) in [5.74, 6) is -0.361. The molecule has 134 valence electrons. The van der Waals surface area contributed by atoms with Gasteiger partial charge in [-0.2, -0.15) is 0 Å². The number of benzene rings is 1. The number of carbonyl (C=O) groups excluding carboxylic acids is 2. The van der Waals surface area contributed by atoms with Crippen LogP contribution in [0.3, 0.4) is 0 Å². The molecule has 1 aromatic carbocycles. The molecule has 0 bridgehead atoms. The van der Waals surface area contributed by atoms with Crippen LogP contribution in [0, 0.1) is 5.41 Å². The number of pyridine rings is 1. The number of ketones is 1. The quantitative estimate of drug-likeness (QED) is 0.859. The van der Waals surface area contributed by atoms with Crippen molar-refractivity contribution in [2.45, 2.75) is 46.1 Å². The summed E-state index contributed by atoms with van der Waals surface area (Å²) < 4.78 is 0. The number of H-pyrrole nitrogens is 1. The summed E-state index contributed by atoms with van der Waals surface area (Å²) in [7, 11) is 0. The maximum atomic E-state index is 13.2. The van der Waals surface area contributed by atoms with Gasteiger partial charge in [-0.05, 0) is 42.9 Å². The van der Waals surface area contributed by atoms with E-state index in [1.807, 2.05) is 45.0 Å². The third-order valence-corrected chi connectivity index (χ3v) is 5.37. The van der Waals surface area contributed by atoms with E-state index >= 15 is 0 Å². The predicted molar refractivity (Wildman–Crippen MR) is 99.9 cm³/mol. The molecular formula is C21H22N2O3. The number of Topliss-reactive ketones (excluding diaryl/α,β-unsaturated/α-hetero) is 1. The predicted octanol–water partition coefficient (Wildman–Crippen LogP) is 3.12. The van der Waals surface area contributed by atoms with E-state index in [1.165, 1.54) is 6.07 Å². The Bertz CT molecular complexity index is 987. The number of aromatic nitrogens is 1. The first-order valence-electron chi connectivity index (χ1n) is 8.98. The summed E-state index contributed by atoms with van der Waals surface area (Å²) in [5.41, 5.74) is 2.50. The molecular weight excluding hydrogens is 328 g/mol. The Morgan fingerprint density at radius 3 is 2.69 bits per heavy atom. The first-order valence-corrected chi connectivity index (χ1v) is 8.98. The second-order valence-corrected chi connectivity index (χ2v) is 8.20. The van der Waals surface area contributed by atoms with E-state index < -0.39 is 5.56 Å². The van der Waals surface area contributed by atoms with Crippen LogP contribution in [-0.4, -0.2) is 22.7 Å². The molecule has 1 atom stereocenters. The Kier molecular flexibility index (Phi) is 3.65. The standard InChI is InChI=1S/C21H22N2O3/c1-12-8-13-6-4-5-7-17(13)23(12)20(26)15-9-14-16(22-19(15)25)10-21(2,3)11-18(14)24/h4-7,9,12H,8,10-11H2,1-3H3,(H,22,25). The van der Waals surface area contributed by atoms with Gasteiger partial charge in [0.1, 0.15) is 5.56 Å². The average Bonchev–Trinajstić information content (AvgIpc) is 2.88. The fourth-order valence-corrected chi connectivity index (χ4v) is 4.19. The summed E-state index contributed by atoms with van der Waals surface area (Å²) >= 11 is 0. The Labute approximate surface area is 152 Å². The molecule has 0 spiro atoms. The number of anilines is 1. The van der Waals surface area contributed by atoms with Gasteiger partial charge in [-0.1, -0.05) is 32.0 Å². The SMILES string of the molecule is CC1Cc2ccccc2N1C(=O)c1cc2c([nH]c1=O)CC(C)(C)CC2=O. The van der Waals surface area contributed by atoms with Crippen molar-refractivity contribution in [3.05, 3.63) is 63.1 Å². The van der Waals surface area contributed by atoms with Gasteiger partial charge in [0, 0.05) is 29.4 Å². The number of amides is 1. The van der Waals surface area contributed by atoms with Gasteiger partial charge < -0.3 is 9.88 Å². The molecule has 0 radical (unpaired) electrons. The van der Waals surface area contributed by atoms with Crippen molar-refractivity contribution in [3.8, 4) is 0 Å². The number of rotatable bonds is 1. The van der Waals surface area contributed by atoms with Gasteiger partial charge in [0.15, 0.2) is 5.78 Å². The van der Waals surface area contributed by atoms with E-state index in [4.69, 9.17) is 0 Å². The highest BCUT2D eigenvalue weighted by atomic mass is 16.2. The van der Waals surface area contributed by atoms with Crippen molar-refractivity contribution in [3.63, 3.8) is 0 Å². The zero-order chi connectivity index (χ0) is 18.6. The lowest BCUT2D eigenvalue weighted by atomic mass is 9.75. The van der Waals surface area contributed by atoms with Gasteiger partial charge in [-0.15, -0.1) is 0 Å². The number of nitrogens with one attached hydrogen (secondary N) is 1. The molecule has 2 heterocycles. The van der Waals surface area contributed by atoms with Crippen molar-refractivity contribution >= 4 is 17.4 Å². The summed E-state index contributed by atoms with van der Waals surface area (Å²) in [6.07, 6.45) is 1.81. The van der Waals surface area contributed by atoms with Crippen LogP contribution in [0.2, 0.25) is 0 Å². The highest BCUT2D eigenvalue weighted by Gasteiger charge is 2.35. The van der Waals surface area contributed by atoms with E-state index in [1.54, 1.807) is 4.90 Å². The Morgan fingerprint density at radius 2 is 1.92 bits per heavy atom. The molecule has 0 saturated carbocycles. The van der Waals surface area contributed by atoms with Crippen molar-refractivity contribution in [2.24, 2.45) is 5.41 Å². The van der Waals surface area contributed by atoms with Gasteiger partial charge >= 0.3 is 0 Å². The van der Waals surface area contributed by atoms with Crippen molar-refractivity contribution in [2.75, 3.05) is 4.90 Å². The number of para-hydroxylation sites is 1. The van der Waals surface area contributed by atoms with E-state index in [0.717, 1.165) is 17.7 Å². The molecule has 5 nitrogen and oxygen atoms in total. The summed E-state index contributed by atoms with van der Waals surface area (Å²) in [5, 5.41) is 0. The van der Waals surface area contributed by atoms with Crippen LogP contribution in [0.4, 0.5) is 5.69 Å². The van der Waals surface area contributed by atoms with Crippen LogP contribution in [-0.2, 0) is 12.8 Å². The van der Waals surface area contributed by atoms with Crippen LogP contribution in [0.5, 0.6) is 0 Å². The van der Waals surface area contributed by atoms with Gasteiger partial charge in [-0.3, -0.25) is 14.4 Å². The second-order valence-electron chi connectivity index (χ2n) is 8.20. The van der Waals surface area contributed by atoms with Gasteiger partial charge in [0.05, 0.1) is 0 Å². The zero-order valence-corrected chi connectivity index (χ0v) is 15.3. The monoisotopic (exact) mass is 350 g/mol. The summed E-state index contributed by atoms with van der Waals surface area (Å²) in [6, 6.07) is 9.22. The summed E-state index contributed by atoms with van der Waals surface area (Å²) in [4.78, 5) is 42.8. The normalized spacial score (nSPS) is 20.7. The van der Waals surface area contributed by atoms with E-state index in [9.17, 15) is 14.4 Å². The Hall–Kier alpha value is -2.69. The smallest absolute Gasteiger partial charge is 0.264 e. The van der Waals surface area contributed by atoms with Crippen LogP contribution < -0.4 is 10.5 Å². The van der Waals surface area contributed by atoms with Gasteiger partial charge in [0.2, 0.25) is 0 Å². The average molecular weight is 350 g/mol. The fourth-order valence-electron chi connectivity index (χ4n) is 4.19. The number of fused-ring (bicyclic) bond motifs is 2. The minimum atomic E-state index is -0.421. The maximum Gasteiger partial charge on any atom is 0.264 e. The number of nitrogens with zero attached hydrogens (tertiary/aromatic N) is 1. The Balaban J connectivity index is 1.78. The number of hydrogen-bond donors (Lipinski definition) is 1. The fraction of sp³-hybridized carbons (Fsp3) is 0.381. The lowest BCUT2D eigenvalue weighted by Crippen LogP contribution is -2.40. The molecule has 2 aromatic rings. The van der Waals surface area contributed by atoms with Gasteiger partial charge in [-0.25, -0.2) is 0 Å². The Morgan fingerprint density at radius 1 is 1.19 bits per heavy atom. The minimum absolute atomic E-state index is 0.0172. The number of carbonyl (C=O) groups is 2. The van der Waals surface area contributed by atoms with Crippen molar-refractivity contribution < 1.29 is 9.59 Å². The maximum absolute atomic E-state index is 13.2. The molecule has 0 fully saturated rings. The minimum Gasteiger partial charge on any atom is -0.325 e. The third-order valence-electron chi connectivity index (χ3n) is 5.37. The topological polar surface area (TPSA) is 70.2 Å². The van der Waals surface area contributed by atoms with Crippen LogP contribution in [0.15, 0.2) is 35.1 Å². The molecule has 1 aliphatic carbocycles. The summed E-state index contributed by atoms with van der Waals surface area (Å²) in [6.45, 7) is 5.99. The van der Waals surface area contributed by atoms with Crippen LogP contribution >= 0.6 is 0 Å². The molecule has 2 aliphatic rings. The van der Waals surface area contributed by atoms with Crippen LogP contribution in [0.1, 0.15) is 59.2 Å².